The number of ether oxygens (including phenoxy) is 2. The Morgan fingerprint density at radius 2 is 1.80 bits per heavy atom. The number of rotatable bonds is 4. The molecule has 0 amide bonds. The van der Waals surface area contributed by atoms with Crippen molar-refractivity contribution in [2.24, 2.45) is 0 Å². The van der Waals surface area contributed by atoms with Crippen LogP contribution in [0.4, 0.5) is 0 Å². The fraction of sp³-hybridized carbons (Fsp3) is 1.00. The number of aliphatic hydroxyl groups excluding tert-OH is 4. The van der Waals surface area contributed by atoms with Crippen LogP contribution in [0, 0.1) is 0 Å². The van der Waals surface area contributed by atoms with Gasteiger partial charge in [0.2, 0.25) is 0 Å². The highest BCUT2D eigenvalue weighted by Gasteiger charge is 2.43. The van der Waals surface area contributed by atoms with E-state index in [9.17, 15) is 15.3 Å². The third-order valence-electron chi connectivity index (χ3n) is 2.22. The minimum absolute atomic E-state index is 0.242. The molecule has 7 heteroatoms. The topological polar surface area (TPSA) is 99.4 Å². The molecule has 0 radical (unpaired) electrons. The maximum absolute atomic E-state index is 9.48. The standard InChI is InChI=1S/C8H16O6S/c9-3-4-5(10)6(11)7(12)8(14-4)13-1-2-15/h4-12,15H,1-3H2/t4?,5-,6-,7?,8+/m0/s1. The molecule has 15 heavy (non-hydrogen) atoms. The van der Waals surface area contributed by atoms with E-state index in [1.807, 2.05) is 0 Å². The summed E-state index contributed by atoms with van der Waals surface area (Å²) < 4.78 is 10.1. The summed E-state index contributed by atoms with van der Waals surface area (Å²) in [6, 6.07) is 0. The summed E-state index contributed by atoms with van der Waals surface area (Å²) in [5, 5.41) is 37.2. The molecule has 1 saturated heterocycles. The van der Waals surface area contributed by atoms with Crippen LogP contribution in [-0.4, -0.2) is 70.1 Å². The molecule has 0 aromatic rings. The average molecular weight is 240 g/mol. The molecule has 0 aromatic heterocycles. The molecule has 5 atom stereocenters. The first kappa shape index (κ1) is 13.2. The number of aliphatic hydroxyl groups is 4. The molecule has 1 rings (SSSR count). The van der Waals surface area contributed by atoms with Crippen LogP contribution < -0.4 is 0 Å². The van der Waals surface area contributed by atoms with E-state index < -0.39 is 37.3 Å². The summed E-state index contributed by atoms with van der Waals surface area (Å²) >= 11 is 3.91. The maximum atomic E-state index is 9.48. The smallest absolute Gasteiger partial charge is 0.186 e. The summed E-state index contributed by atoms with van der Waals surface area (Å²) in [6.07, 6.45) is -6.04. The van der Waals surface area contributed by atoms with Gasteiger partial charge in [0.15, 0.2) is 6.29 Å². The summed E-state index contributed by atoms with van der Waals surface area (Å²) in [4.78, 5) is 0. The third kappa shape index (κ3) is 3.04. The largest absolute Gasteiger partial charge is 0.394 e. The zero-order valence-electron chi connectivity index (χ0n) is 8.06. The Hall–Kier alpha value is 0.110. The van der Waals surface area contributed by atoms with E-state index in [2.05, 4.69) is 12.6 Å². The summed E-state index contributed by atoms with van der Waals surface area (Å²) in [7, 11) is 0. The molecular formula is C8H16O6S. The Kier molecular flexibility index (Phi) is 5.27. The highest BCUT2D eigenvalue weighted by Crippen LogP contribution is 2.21. The zero-order valence-corrected chi connectivity index (χ0v) is 8.96. The van der Waals surface area contributed by atoms with Gasteiger partial charge in [-0.1, -0.05) is 0 Å². The van der Waals surface area contributed by atoms with Crippen molar-refractivity contribution < 1.29 is 29.9 Å². The number of hydrogen-bond donors (Lipinski definition) is 5. The van der Waals surface area contributed by atoms with E-state index in [1.54, 1.807) is 0 Å². The van der Waals surface area contributed by atoms with Gasteiger partial charge >= 0.3 is 0 Å². The van der Waals surface area contributed by atoms with Crippen LogP contribution in [0.2, 0.25) is 0 Å². The van der Waals surface area contributed by atoms with E-state index >= 15 is 0 Å². The molecule has 0 aromatic carbocycles. The molecule has 6 nitrogen and oxygen atoms in total. The molecule has 0 spiro atoms. The molecule has 0 saturated carbocycles. The van der Waals surface area contributed by atoms with Crippen LogP contribution in [0.15, 0.2) is 0 Å². The Morgan fingerprint density at radius 3 is 2.33 bits per heavy atom. The van der Waals surface area contributed by atoms with E-state index in [0.717, 1.165) is 0 Å². The molecular weight excluding hydrogens is 224 g/mol. The molecule has 1 aliphatic heterocycles. The minimum Gasteiger partial charge on any atom is -0.394 e. The Labute approximate surface area is 92.8 Å². The van der Waals surface area contributed by atoms with Crippen LogP contribution >= 0.6 is 12.6 Å². The van der Waals surface area contributed by atoms with E-state index in [-0.39, 0.29) is 6.61 Å². The molecule has 4 N–H and O–H groups in total. The van der Waals surface area contributed by atoms with Crippen molar-refractivity contribution in [2.75, 3.05) is 19.0 Å². The van der Waals surface area contributed by atoms with E-state index in [4.69, 9.17) is 14.6 Å². The third-order valence-corrected chi connectivity index (χ3v) is 2.40. The number of hydrogen-bond acceptors (Lipinski definition) is 7. The lowest BCUT2D eigenvalue weighted by Crippen LogP contribution is -2.59. The predicted octanol–water partition coefficient (Wildman–Crippen LogP) is -2.27. The summed E-state index contributed by atoms with van der Waals surface area (Å²) in [6.45, 7) is -0.211. The van der Waals surface area contributed by atoms with Crippen molar-refractivity contribution in [3.05, 3.63) is 0 Å². The lowest BCUT2D eigenvalue weighted by atomic mass is 9.99. The van der Waals surface area contributed by atoms with Crippen LogP contribution in [-0.2, 0) is 9.47 Å². The van der Waals surface area contributed by atoms with Crippen molar-refractivity contribution in [1.29, 1.82) is 0 Å². The molecule has 0 aliphatic carbocycles. The first-order valence-electron chi connectivity index (χ1n) is 4.64. The lowest BCUT2D eigenvalue weighted by Gasteiger charge is -2.39. The van der Waals surface area contributed by atoms with Gasteiger partial charge < -0.3 is 29.9 Å². The highest BCUT2D eigenvalue weighted by atomic mass is 32.1. The van der Waals surface area contributed by atoms with Gasteiger partial charge in [0.1, 0.15) is 24.4 Å². The molecule has 0 bridgehead atoms. The molecule has 2 unspecified atom stereocenters. The SMILES string of the molecule is OCC1O[C@@H](OCCS)C(O)[C@@H](O)[C@H]1O. The monoisotopic (exact) mass is 240 g/mol. The lowest BCUT2D eigenvalue weighted by molar-refractivity contribution is -0.299. The second-order valence-corrected chi connectivity index (χ2v) is 3.74. The van der Waals surface area contributed by atoms with Crippen molar-refractivity contribution in [1.82, 2.24) is 0 Å². The van der Waals surface area contributed by atoms with Crippen molar-refractivity contribution >= 4 is 12.6 Å². The van der Waals surface area contributed by atoms with Gasteiger partial charge in [0.05, 0.1) is 13.2 Å². The minimum atomic E-state index is -1.39. The molecule has 1 fully saturated rings. The zero-order chi connectivity index (χ0) is 11.4. The van der Waals surface area contributed by atoms with Gasteiger partial charge in [-0.3, -0.25) is 0 Å². The summed E-state index contributed by atoms with van der Waals surface area (Å²) in [5.74, 6) is 0.440. The normalized spacial score (nSPS) is 41.8. The van der Waals surface area contributed by atoms with Crippen molar-refractivity contribution in [3.63, 3.8) is 0 Å². The van der Waals surface area contributed by atoms with Crippen molar-refractivity contribution in [2.45, 2.75) is 30.7 Å². The molecule has 1 heterocycles. The van der Waals surface area contributed by atoms with Gasteiger partial charge in [-0.05, 0) is 0 Å². The van der Waals surface area contributed by atoms with E-state index in [1.165, 1.54) is 0 Å². The fourth-order valence-corrected chi connectivity index (χ4v) is 1.48. The quantitative estimate of drug-likeness (QED) is 0.355. The maximum Gasteiger partial charge on any atom is 0.186 e. The van der Waals surface area contributed by atoms with Crippen LogP contribution in [0.3, 0.4) is 0 Å². The van der Waals surface area contributed by atoms with Gasteiger partial charge in [0.25, 0.3) is 0 Å². The fourth-order valence-electron chi connectivity index (χ4n) is 1.37. The first-order valence-corrected chi connectivity index (χ1v) is 5.28. The number of thiol groups is 1. The molecule has 90 valence electrons. The second-order valence-electron chi connectivity index (χ2n) is 3.29. The van der Waals surface area contributed by atoms with Crippen molar-refractivity contribution in [3.8, 4) is 0 Å². The Balaban J connectivity index is 2.57. The van der Waals surface area contributed by atoms with Gasteiger partial charge in [-0.2, -0.15) is 12.6 Å². The van der Waals surface area contributed by atoms with Crippen LogP contribution in [0.5, 0.6) is 0 Å². The van der Waals surface area contributed by atoms with Gasteiger partial charge in [0, 0.05) is 5.75 Å². The Morgan fingerprint density at radius 1 is 1.13 bits per heavy atom. The van der Waals surface area contributed by atoms with E-state index in [0.29, 0.717) is 5.75 Å². The molecule has 1 aliphatic rings. The Bertz CT molecular complexity index is 190. The highest BCUT2D eigenvalue weighted by molar-refractivity contribution is 7.80. The predicted molar refractivity (Wildman–Crippen MR) is 53.6 cm³/mol. The summed E-state index contributed by atoms with van der Waals surface area (Å²) in [5.41, 5.74) is 0. The second kappa shape index (κ2) is 6.00. The van der Waals surface area contributed by atoms with Gasteiger partial charge in [-0.15, -0.1) is 0 Å². The van der Waals surface area contributed by atoms with Gasteiger partial charge in [-0.25, -0.2) is 0 Å². The first-order chi connectivity index (χ1) is 7.11. The van der Waals surface area contributed by atoms with Crippen LogP contribution in [0.25, 0.3) is 0 Å². The average Bonchev–Trinajstić information content (AvgIpc) is 2.25. The van der Waals surface area contributed by atoms with Crippen LogP contribution in [0.1, 0.15) is 0 Å².